The first-order chi connectivity index (χ1) is 19.2. The Morgan fingerprint density at radius 3 is 2.88 bits per heavy atom. The number of ether oxygens (including phenoxy) is 1. The Balaban J connectivity index is 1.60. The van der Waals surface area contributed by atoms with Crippen molar-refractivity contribution in [3.8, 4) is 17.3 Å². The number of aliphatic hydroxyl groups excluding tert-OH is 1. The predicted molar refractivity (Wildman–Crippen MR) is 152 cm³/mol. The molecular formula is C29H34ClFN6O3. The summed E-state index contributed by atoms with van der Waals surface area (Å²) >= 11 is 6.51. The number of nitrogens with zero attached hydrogens (tertiary/aromatic N) is 5. The van der Waals surface area contributed by atoms with Gasteiger partial charge in [-0.1, -0.05) is 11.6 Å². The van der Waals surface area contributed by atoms with Crippen molar-refractivity contribution in [3.63, 3.8) is 0 Å². The van der Waals surface area contributed by atoms with Crippen LogP contribution in [0, 0.1) is 30.0 Å². The molecular weight excluding hydrogens is 535 g/mol. The minimum atomic E-state index is -0.708. The molecule has 2 N–H and O–H groups in total. The second kappa shape index (κ2) is 11.8. The monoisotopic (exact) mass is 568 g/mol. The number of fused-ring (bicyclic) bond motifs is 1. The fraction of sp³-hybridized carbons (Fsp3) is 0.517. The normalized spacial score (nSPS) is 22.0. The van der Waals surface area contributed by atoms with E-state index < -0.39 is 11.9 Å². The summed E-state index contributed by atoms with van der Waals surface area (Å²) in [6.07, 6.45) is 3.11. The molecule has 2 fully saturated rings. The molecule has 0 spiro atoms. The number of halogens is 2. The summed E-state index contributed by atoms with van der Waals surface area (Å²) in [5, 5.41) is 23.1. The van der Waals surface area contributed by atoms with E-state index in [1.165, 1.54) is 12.3 Å². The van der Waals surface area contributed by atoms with Crippen molar-refractivity contribution >= 4 is 28.5 Å². The van der Waals surface area contributed by atoms with Gasteiger partial charge in [-0.2, -0.15) is 5.26 Å². The fourth-order valence-corrected chi connectivity index (χ4v) is 5.99. The van der Waals surface area contributed by atoms with Crippen LogP contribution < -0.4 is 10.7 Å². The molecule has 2 aliphatic heterocycles. The molecule has 0 radical (unpaired) electrons. The van der Waals surface area contributed by atoms with Gasteiger partial charge in [0, 0.05) is 42.6 Å². The van der Waals surface area contributed by atoms with E-state index in [0.29, 0.717) is 48.5 Å². The van der Waals surface area contributed by atoms with Crippen molar-refractivity contribution in [2.45, 2.75) is 64.8 Å². The highest BCUT2D eigenvalue weighted by atomic mass is 35.5. The lowest BCUT2D eigenvalue weighted by atomic mass is 9.98. The van der Waals surface area contributed by atoms with Gasteiger partial charge in [0.1, 0.15) is 5.82 Å². The SMILES string of the molecule is Cc1c(CN2CCC[C@H](C#N)C2)n(C(C)C)c2cc(-c3nc(N[C@@H]4CCOC[C@H]4O)ncc3Cl)cc(F)c2c1=O. The predicted octanol–water partition coefficient (Wildman–Crippen LogP) is 4.44. The van der Waals surface area contributed by atoms with Gasteiger partial charge in [-0.25, -0.2) is 14.4 Å². The molecule has 9 nitrogen and oxygen atoms in total. The van der Waals surface area contributed by atoms with E-state index in [4.69, 9.17) is 16.3 Å². The second-order valence-corrected chi connectivity index (χ2v) is 11.4. The Kier molecular flexibility index (Phi) is 8.38. The van der Waals surface area contributed by atoms with Gasteiger partial charge < -0.3 is 19.7 Å². The van der Waals surface area contributed by atoms with Gasteiger partial charge in [0.15, 0.2) is 5.43 Å². The Morgan fingerprint density at radius 2 is 2.15 bits per heavy atom. The molecule has 0 bridgehead atoms. The number of anilines is 1. The third kappa shape index (κ3) is 5.56. The van der Waals surface area contributed by atoms with E-state index in [2.05, 4.69) is 26.3 Å². The van der Waals surface area contributed by atoms with Crippen LogP contribution in [0.3, 0.4) is 0 Å². The summed E-state index contributed by atoms with van der Waals surface area (Å²) in [5.41, 5.74) is 2.18. The highest BCUT2D eigenvalue weighted by Crippen LogP contribution is 2.33. The van der Waals surface area contributed by atoms with E-state index in [1.807, 2.05) is 18.4 Å². The number of nitrogens with one attached hydrogen (secondary N) is 1. The average molecular weight is 569 g/mol. The molecule has 0 saturated carbocycles. The lowest BCUT2D eigenvalue weighted by molar-refractivity contribution is -0.0136. The number of hydrogen-bond donors (Lipinski definition) is 2. The van der Waals surface area contributed by atoms with E-state index in [9.17, 15) is 15.2 Å². The summed E-state index contributed by atoms with van der Waals surface area (Å²) in [6.45, 7) is 8.46. The van der Waals surface area contributed by atoms with Crippen LogP contribution >= 0.6 is 11.6 Å². The molecule has 212 valence electrons. The van der Waals surface area contributed by atoms with Crippen molar-refractivity contribution in [2.75, 3.05) is 31.6 Å². The van der Waals surface area contributed by atoms with E-state index >= 15 is 4.39 Å². The highest BCUT2D eigenvalue weighted by Gasteiger charge is 2.27. The Labute approximate surface area is 237 Å². The summed E-state index contributed by atoms with van der Waals surface area (Å²) < 4.78 is 23.1. The zero-order valence-electron chi connectivity index (χ0n) is 23.0. The zero-order valence-corrected chi connectivity index (χ0v) is 23.7. The molecule has 0 amide bonds. The molecule has 0 unspecified atom stereocenters. The Bertz CT molecular complexity index is 1520. The second-order valence-electron chi connectivity index (χ2n) is 11.0. The zero-order chi connectivity index (χ0) is 28.6. The van der Waals surface area contributed by atoms with Crippen LogP contribution in [0.4, 0.5) is 10.3 Å². The molecule has 2 aromatic heterocycles. The molecule has 5 rings (SSSR count). The molecule has 4 heterocycles. The number of rotatable bonds is 6. The third-order valence-corrected chi connectivity index (χ3v) is 8.13. The smallest absolute Gasteiger partial charge is 0.223 e. The van der Waals surface area contributed by atoms with Crippen LogP contribution in [0.2, 0.25) is 5.02 Å². The maximum absolute atomic E-state index is 15.8. The highest BCUT2D eigenvalue weighted by molar-refractivity contribution is 6.33. The summed E-state index contributed by atoms with van der Waals surface area (Å²) in [5.74, 6) is -0.426. The molecule has 11 heteroatoms. The number of likely N-dealkylation sites (tertiary alicyclic amines) is 1. The summed E-state index contributed by atoms with van der Waals surface area (Å²) in [7, 11) is 0. The van der Waals surface area contributed by atoms with E-state index in [0.717, 1.165) is 25.1 Å². The Hall–Kier alpha value is -3.10. The van der Waals surface area contributed by atoms with Crippen LogP contribution in [0.1, 0.15) is 50.4 Å². The van der Waals surface area contributed by atoms with Crippen molar-refractivity contribution < 1.29 is 14.2 Å². The number of benzene rings is 1. The van der Waals surface area contributed by atoms with Gasteiger partial charge >= 0.3 is 0 Å². The first kappa shape index (κ1) is 28.4. The van der Waals surface area contributed by atoms with Gasteiger partial charge in [0.25, 0.3) is 0 Å². The average Bonchev–Trinajstić information content (AvgIpc) is 2.93. The molecule has 0 aliphatic carbocycles. The van der Waals surface area contributed by atoms with Gasteiger partial charge in [0.05, 0.1) is 58.6 Å². The van der Waals surface area contributed by atoms with Crippen LogP contribution in [0.15, 0.2) is 23.1 Å². The van der Waals surface area contributed by atoms with Crippen molar-refractivity contribution in [2.24, 2.45) is 5.92 Å². The number of piperidine rings is 1. The van der Waals surface area contributed by atoms with Crippen molar-refractivity contribution in [1.82, 2.24) is 19.4 Å². The standard InChI is InChI=1S/C29H34ClFN6O3/c1-16(2)37-23-10-19(27-20(30)12-33-29(35-27)34-22-6-8-40-15-25(22)38)9-21(31)26(23)28(39)17(3)24(37)14-36-7-4-5-18(11-32)13-36/h9-10,12,16,18,22,25,38H,4-8,13-15H2,1-3H3,(H,33,34,35)/t18-,22-,25-/m1/s1. The number of hydrogen-bond acceptors (Lipinski definition) is 8. The van der Waals surface area contributed by atoms with Gasteiger partial charge in [-0.05, 0) is 58.7 Å². The minimum Gasteiger partial charge on any atom is -0.389 e. The largest absolute Gasteiger partial charge is 0.389 e. The van der Waals surface area contributed by atoms with Gasteiger partial charge in [-0.15, -0.1) is 0 Å². The van der Waals surface area contributed by atoms with Crippen LogP contribution in [-0.4, -0.2) is 63.0 Å². The molecule has 3 atom stereocenters. The number of pyridine rings is 1. The van der Waals surface area contributed by atoms with E-state index in [1.54, 1.807) is 13.0 Å². The lowest BCUT2D eigenvalue weighted by Crippen LogP contribution is -2.42. The number of aliphatic hydroxyl groups is 1. The topological polar surface area (TPSA) is 116 Å². The third-order valence-electron chi connectivity index (χ3n) is 7.86. The summed E-state index contributed by atoms with van der Waals surface area (Å²) in [6, 6.07) is 5.06. The molecule has 40 heavy (non-hydrogen) atoms. The van der Waals surface area contributed by atoms with Gasteiger partial charge in [-0.3, -0.25) is 9.69 Å². The van der Waals surface area contributed by atoms with Crippen LogP contribution in [0.5, 0.6) is 0 Å². The number of aromatic nitrogens is 3. The molecule has 1 aromatic carbocycles. The molecule has 2 aliphatic rings. The fourth-order valence-electron chi connectivity index (χ4n) is 5.79. The van der Waals surface area contributed by atoms with Gasteiger partial charge in [0.2, 0.25) is 5.95 Å². The van der Waals surface area contributed by atoms with Crippen LogP contribution in [-0.2, 0) is 11.3 Å². The summed E-state index contributed by atoms with van der Waals surface area (Å²) in [4.78, 5) is 24.5. The minimum absolute atomic E-state index is 0.0288. The maximum atomic E-state index is 15.8. The quantitative estimate of drug-likeness (QED) is 0.448. The van der Waals surface area contributed by atoms with E-state index in [-0.39, 0.29) is 46.4 Å². The van der Waals surface area contributed by atoms with Crippen LogP contribution in [0.25, 0.3) is 22.2 Å². The van der Waals surface area contributed by atoms with Crippen molar-refractivity contribution in [3.05, 3.63) is 50.7 Å². The first-order valence-corrected chi connectivity index (χ1v) is 14.1. The number of nitriles is 1. The first-order valence-electron chi connectivity index (χ1n) is 13.7. The Morgan fingerprint density at radius 1 is 1.35 bits per heavy atom. The lowest BCUT2D eigenvalue weighted by Gasteiger charge is -2.32. The molecule has 3 aromatic rings. The maximum Gasteiger partial charge on any atom is 0.223 e. The molecule has 2 saturated heterocycles. The van der Waals surface area contributed by atoms with Crippen molar-refractivity contribution in [1.29, 1.82) is 5.26 Å².